The molecule has 0 atom stereocenters. The van der Waals surface area contributed by atoms with E-state index in [2.05, 4.69) is 19.7 Å². The third kappa shape index (κ3) is 15.8. The number of aliphatic imine (C=N–C) groups is 3. The van der Waals surface area contributed by atoms with E-state index in [1.807, 2.05) is 39.8 Å². The number of hydrogen-bond donors (Lipinski definition) is 0. The first-order valence-corrected chi connectivity index (χ1v) is 15.3. The van der Waals surface area contributed by atoms with Gasteiger partial charge in [0.05, 0.1) is 18.2 Å². The first-order valence-electron chi connectivity index (χ1n) is 13.8. The van der Waals surface area contributed by atoms with Gasteiger partial charge in [-0.1, -0.05) is 82.8 Å². The van der Waals surface area contributed by atoms with Gasteiger partial charge in [0.15, 0.2) is 0 Å². The van der Waals surface area contributed by atoms with E-state index >= 15 is 0 Å². The van der Waals surface area contributed by atoms with E-state index < -0.39 is 11.7 Å². The second-order valence-corrected chi connectivity index (χ2v) is 11.7. The Kier molecular flexibility index (Phi) is 17.4. The van der Waals surface area contributed by atoms with Crippen molar-refractivity contribution in [3.05, 3.63) is 106 Å². The van der Waals surface area contributed by atoms with Crippen LogP contribution >= 0.6 is 46.4 Å². The molecule has 0 fully saturated rings. The molecule has 0 spiro atoms. The van der Waals surface area contributed by atoms with Crippen molar-refractivity contribution in [1.29, 1.82) is 0 Å². The van der Waals surface area contributed by atoms with Crippen LogP contribution in [0.4, 0.5) is 13.2 Å². The number of alkyl halides is 3. The van der Waals surface area contributed by atoms with Crippen molar-refractivity contribution in [3.63, 3.8) is 0 Å². The molecule has 0 saturated heterocycles. The predicted molar refractivity (Wildman–Crippen MR) is 183 cm³/mol. The standard InChI is InChI=1S/C12H14ClNO2.C11H11ClF3N.C10H11Cl2N/c1-8(2)14-11(13)9-4-6-10(7-5-9)12(15)16-3;1-7(2)16-10(12)8-4-3-5-9(6-8)11(13,14)15;1-7(2)13-10(12)8-3-5-9(11)6-4-8/h4-8H,1-3H3;3-7H,1-2H3;3-7H,1-2H3. The summed E-state index contributed by atoms with van der Waals surface area (Å²) in [6.07, 6.45) is -4.36. The molecule has 0 amide bonds. The van der Waals surface area contributed by atoms with Crippen molar-refractivity contribution in [1.82, 2.24) is 0 Å². The van der Waals surface area contributed by atoms with Crippen LogP contribution < -0.4 is 0 Å². The van der Waals surface area contributed by atoms with Crippen molar-refractivity contribution in [2.24, 2.45) is 15.0 Å². The Morgan fingerprint density at radius 3 is 1.40 bits per heavy atom. The van der Waals surface area contributed by atoms with Crippen LogP contribution in [-0.2, 0) is 10.9 Å². The maximum Gasteiger partial charge on any atom is 0.416 e. The van der Waals surface area contributed by atoms with E-state index in [0.29, 0.717) is 20.9 Å². The van der Waals surface area contributed by atoms with Gasteiger partial charge in [0.1, 0.15) is 15.5 Å². The van der Waals surface area contributed by atoms with E-state index in [1.54, 1.807) is 50.2 Å². The highest BCUT2D eigenvalue weighted by molar-refractivity contribution is 6.70. The first kappa shape index (κ1) is 40.1. The van der Waals surface area contributed by atoms with Gasteiger partial charge in [0.25, 0.3) is 0 Å². The first-order chi connectivity index (χ1) is 20.9. The van der Waals surface area contributed by atoms with E-state index in [0.717, 1.165) is 23.3 Å². The summed E-state index contributed by atoms with van der Waals surface area (Å²) in [4.78, 5) is 23.6. The minimum Gasteiger partial charge on any atom is -0.465 e. The number of hydrogen-bond acceptors (Lipinski definition) is 5. The third-order valence-corrected chi connectivity index (χ3v) is 6.37. The van der Waals surface area contributed by atoms with Crippen molar-refractivity contribution in [2.45, 2.75) is 65.8 Å². The van der Waals surface area contributed by atoms with Gasteiger partial charge in [-0.15, -0.1) is 0 Å². The Balaban J connectivity index is 0.000000340. The fourth-order valence-electron chi connectivity index (χ4n) is 3.18. The second kappa shape index (κ2) is 19.6. The molecule has 0 aliphatic carbocycles. The molecule has 3 aromatic carbocycles. The summed E-state index contributed by atoms with van der Waals surface area (Å²) < 4.78 is 41.8. The molecule has 0 aliphatic heterocycles. The van der Waals surface area contributed by atoms with Gasteiger partial charge in [-0.2, -0.15) is 13.2 Å². The van der Waals surface area contributed by atoms with Gasteiger partial charge in [0.2, 0.25) is 0 Å². The zero-order chi connectivity index (χ0) is 34.3. The summed E-state index contributed by atoms with van der Waals surface area (Å²) in [6.45, 7) is 11.5. The van der Waals surface area contributed by atoms with Crippen LogP contribution in [0.1, 0.15) is 74.2 Å². The van der Waals surface area contributed by atoms with Crippen LogP contribution in [0.5, 0.6) is 0 Å². The summed E-state index contributed by atoms with van der Waals surface area (Å²) in [6, 6.07) is 19.3. The molecule has 45 heavy (non-hydrogen) atoms. The maximum absolute atomic E-state index is 12.4. The number of rotatable bonds is 7. The van der Waals surface area contributed by atoms with E-state index in [9.17, 15) is 18.0 Å². The van der Waals surface area contributed by atoms with Gasteiger partial charge >= 0.3 is 12.1 Å². The summed E-state index contributed by atoms with van der Waals surface area (Å²) in [7, 11) is 1.35. The summed E-state index contributed by atoms with van der Waals surface area (Å²) in [5.41, 5.74) is 1.76. The minimum atomic E-state index is -4.36. The summed E-state index contributed by atoms with van der Waals surface area (Å²) in [5, 5.41) is 1.79. The molecule has 0 unspecified atom stereocenters. The van der Waals surface area contributed by atoms with E-state index in [-0.39, 0.29) is 34.8 Å². The fraction of sp³-hybridized carbons (Fsp3) is 0.333. The van der Waals surface area contributed by atoms with Crippen molar-refractivity contribution in [2.75, 3.05) is 7.11 Å². The van der Waals surface area contributed by atoms with Crippen molar-refractivity contribution in [3.8, 4) is 0 Å². The molecular formula is C33H36Cl4F3N3O2. The molecular weight excluding hydrogens is 669 g/mol. The van der Waals surface area contributed by atoms with Crippen molar-refractivity contribution < 1.29 is 22.7 Å². The molecule has 5 nitrogen and oxygen atoms in total. The number of benzene rings is 3. The van der Waals surface area contributed by atoms with Gasteiger partial charge in [-0.05, 0) is 77.9 Å². The smallest absolute Gasteiger partial charge is 0.416 e. The maximum atomic E-state index is 12.4. The minimum absolute atomic E-state index is 0.0537. The average molecular weight is 705 g/mol. The topological polar surface area (TPSA) is 63.4 Å². The lowest BCUT2D eigenvalue weighted by molar-refractivity contribution is -0.137. The second-order valence-electron chi connectivity index (χ2n) is 10.2. The lowest BCUT2D eigenvalue weighted by Crippen LogP contribution is -2.06. The van der Waals surface area contributed by atoms with Gasteiger partial charge in [-0.25, -0.2) is 4.79 Å². The van der Waals surface area contributed by atoms with E-state index in [4.69, 9.17) is 46.4 Å². The molecule has 0 bridgehead atoms. The highest BCUT2D eigenvalue weighted by Crippen LogP contribution is 2.30. The normalized spacial score (nSPS) is 12.4. The highest BCUT2D eigenvalue weighted by Gasteiger charge is 2.30. The Labute approximate surface area is 283 Å². The SMILES string of the molecule is CC(C)N=C(Cl)c1ccc(Cl)cc1.CC(C)N=C(Cl)c1cccc(C(F)(F)F)c1.COC(=O)c1ccc(C(Cl)=NC(C)C)cc1. The van der Waals surface area contributed by atoms with Crippen LogP contribution in [-0.4, -0.2) is 46.7 Å². The monoisotopic (exact) mass is 703 g/mol. The molecule has 244 valence electrons. The fourth-order valence-corrected chi connectivity index (χ4v) is 4.26. The van der Waals surface area contributed by atoms with Gasteiger partial charge in [0, 0.05) is 39.8 Å². The molecule has 0 aliphatic rings. The molecule has 0 N–H and O–H groups in total. The Hall–Kier alpha value is -2.91. The van der Waals surface area contributed by atoms with Crippen LogP contribution in [0.25, 0.3) is 0 Å². The lowest BCUT2D eigenvalue weighted by atomic mass is 10.1. The molecule has 0 radical (unpaired) electrons. The number of ether oxygens (including phenoxy) is 1. The van der Waals surface area contributed by atoms with Gasteiger partial charge in [-0.3, -0.25) is 15.0 Å². The quantitative estimate of drug-likeness (QED) is 0.181. The van der Waals surface area contributed by atoms with E-state index in [1.165, 1.54) is 19.2 Å². The number of carbonyl (C=O) groups is 1. The Morgan fingerprint density at radius 2 is 1.02 bits per heavy atom. The summed E-state index contributed by atoms with van der Waals surface area (Å²) >= 11 is 23.5. The number of nitrogens with zero attached hydrogens (tertiary/aromatic N) is 3. The molecule has 3 aromatic rings. The number of carbonyl (C=O) groups excluding carboxylic acids is 1. The molecule has 0 saturated carbocycles. The zero-order valence-electron chi connectivity index (χ0n) is 26.0. The molecule has 3 rings (SSSR count). The largest absolute Gasteiger partial charge is 0.465 e. The lowest BCUT2D eigenvalue weighted by Gasteiger charge is -2.08. The Bertz CT molecular complexity index is 1450. The third-order valence-electron chi connectivity index (χ3n) is 5.17. The molecule has 12 heteroatoms. The van der Waals surface area contributed by atoms with Crippen LogP contribution in [0.2, 0.25) is 5.02 Å². The van der Waals surface area contributed by atoms with Crippen LogP contribution in [0.15, 0.2) is 87.8 Å². The summed E-state index contributed by atoms with van der Waals surface area (Å²) in [5.74, 6) is -0.358. The average Bonchev–Trinajstić information content (AvgIpc) is 2.96. The van der Waals surface area contributed by atoms with Gasteiger partial charge < -0.3 is 4.74 Å². The molecule has 0 aromatic heterocycles. The zero-order valence-corrected chi connectivity index (χ0v) is 29.0. The highest BCUT2D eigenvalue weighted by atomic mass is 35.5. The predicted octanol–water partition coefficient (Wildman–Crippen LogP) is 10.7. The number of methoxy groups -OCH3 is 1. The Morgan fingerprint density at radius 1 is 0.644 bits per heavy atom. The van der Waals surface area contributed by atoms with Crippen LogP contribution in [0, 0.1) is 0 Å². The van der Waals surface area contributed by atoms with Crippen LogP contribution in [0.3, 0.4) is 0 Å². The number of halogens is 7. The molecule has 0 heterocycles. The number of esters is 1. The van der Waals surface area contributed by atoms with Crippen molar-refractivity contribution >= 4 is 67.9 Å².